The van der Waals surface area contributed by atoms with Crippen molar-refractivity contribution in [2.24, 2.45) is 0 Å². The first-order chi connectivity index (χ1) is 17.1. The molecule has 1 aliphatic rings. The molecule has 3 aromatic heterocycles. The highest BCUT2D eigenvalue weighted by Gasteiger charge is 2.22. The molecular formula is C27H26N8. The second-order valence-electron chi connectivity index (χ2n) is 9.49. The van der Waals surface area contributed by atoms with Crippen LogP contribution in [0.3, 0.4) is 0 Å². The van der Waals surface area contributed by atoms with Gasteiger partial charge in [-0.15, -0.1) is 0 Å². The number of rotatable bonds is 3. The Morgan fingerprint density at radius 2 is 1.69 bits per heavy atom. The molecule has 3 N–H and O–H groups in total. The van der Waals surface area contributed by atoms with E-state index >= 15 is 0 Å². The average molecular weight is 463 g/mol. The summed E-state index contributed by atoms with van der Waals surface area (Å²) in [6.45, 7) is 5.45. The Balaban J connectivity index is 1.28. The van der Waals surface area contributed by atoms with Gasteiger partial charge in [-0.2, -0.15) is 5.10 Å². The third kappa shape index (κ3) is 3.29. The highest BCUT2D eigenvalue weighted by molar-refractivity contribution is 6.01. The maximum Gasteiger partial charge on any atom is 0.159 e. The predicted octanol–water partition coefficient (Wildman–Crippen LogP) is 4.79. The minimum absolute atomic E-state index is 0.473. The highest BCUT2D eigenvalue weighted by atomic mass is 15.3. The number of para-hydroxylation sites is 3. The molecule has 1 aliphatic heterocycles. The summed E-state index contributed by atoms with van der Waals surface area (Å²) in [7, 11) is 2.19. The number of hydrogen-bond acceptors (Lipinski definition) is 5. The van der Waals surface area contributed by atoms with E-state index in [4.69, 9.17) is 9.97 Å². The van der Waals surface area contributed by atoms with Crippen LogP contribution in [0.1, 0.15) is 6.92 Å². The van der Waals surface area contributed by atoms with Gasteiger partial charge in [0.2, 0.25) is 0 Å². The predicted molar refractivity (Wildman–Crippen MR) is 141 cm³/mol. The third-order valence-electron chi connectivity index (χ3n) is 7.10. The standard InChI is InChI=1S/C27H26N8/c1-16-15-34(2)12-13-35(16)17-10-11-22-23(14-17)31-27(30-22)25-18-6-5-7-19(24(18)32-33-25)26-28-20-8-3-4-9-21(20)29-26/h3-11,14,16H,12-13,15H2,1-2H3,(H,28,29)(H,30,31)(H,32,33). The summed E-state index contributed by atoms with van der Waals surface area (Å²) in [5.41, 5.74) is 7.89. The fraction of sp³-hybridized carbons (Fsp3) is 0.222. The van der Waals surface area contributed by atoms with Gasteiger partial charge in [-0.25, -0.2) is 9.97 Å². The lowest BCUT2D eigenvalue weighted by molar-refractivity contribution is 0.275. The van der Waals surface area contributed by atoms with Crippen LogP contribution in [0.25, 0.3) is 55.9 Å². The smallest absolute Gasteiger partial charge is 0.159 e. The monoisotopic (exact) mass is 462 g/mol. The fourth-order valence-corrected chi connectivity index (χ4v) is 5.31. The first-order valence-corrected chi connectivity index (χ1v) is 12.0. The number of aromatic amines is 3. The van der Waals surface area contributed by atoms with Crippen LogP contribution in [0.4, 0.5) is 5.69 Å². The molecular weight excluding hydrogens is 436 g/mol. The quantitative estimate of drug-likeness (QED) is 0.352. The second kappa shape index (κ2) is 7.68. The molecule has 0 bridgehead atoms. The van der Waals surface area contributed by atoms with E-state index in [0.717, 1.165) is 75.5 Å². The van der Waals surface area contributed by atoms with Crippen LogP contribution in [0.5, 0.6) is 0 Å². The van der Waals surface area contributed by atoms with Gasteiger partial charge in [-0.3, -0.25) is 5.10 Å². The maximum atomic E-state index is 4.87. The number of anilines is 1. The van der Waals surface area contributed by atoms with Crippen molar-refractivity contribution < 1.29 is 0 Å². The van der Waals surface area contributed by atoms with E-state index in [9.17, 15) is 0 Å². The van der Waals surface area contributed by atoms with Crippen molar-refractivity contribution in [3.05, 3.63) is 60.7 Å². The van der Waals surface area contributed by atoms with E-state index in [1.807, 2.05) is 30.3 Å². The van der Waals surface area contributed by atoms with Crippen molar-refractivity contribution in [2.75, 3.05) is 31.6 Å². The molecule has 1 atom stereocenters. The van der Waals surface area contributed by atoms with Gasteiger partial charge in [0.1, 0.15) is 11.5 Å². The number of nitrogens with one attached hydrogen (secondary N) is 3. The molecule has 1 fully saturated rings. The topological polar surface area (TPSA) is 92.5 Å². The molecule has 0 aliphatic carbocycles. The van der Waals surface area contributed by atoms with Crippen LogP contribution in [0, 0.1) is 0 Å². The Hall–Kier alpha value is -4.17. The van der Waals surface area contributed by atoms with Gasteiger partial charge in [0.25, 0.3) is 0 Å². The first kappa shape index (κ1) is 20.2. The van der Waals surface area contributed by atoms with Gasteiger partial charge in [0.15, 0.2) is 5.82 Å². The number of nitrogens with zero attached hydrogens (tertiary/aromatic N) is 5. The van der Waals surface area contributed by atoms with Crippen molar-refractivity contribution in [1.82, 2.24) is 35.0 Å². The number of H-pyrrole nitrogens is 3. The summed E-state index contributed by atoms with van der Waals surface area (Å²) in [6.07, 6.45) is 0. The van der Waals surface area contributed by atoms with E-state index in [0.29, 0.717) is 6.04 Å². The van der Waals surface area contributed by atoms with E-state index in [2.05, 4.69) is 74.3 Å². The van der Waals surface area contributed by atoms with E-state index in [1.165, 1.54) is 5.69 Å². The fourth-order valence-electron chi connectivity index (χ4n) is 5.31. The molecule has 7 rings (SSSR count). The summed E-state index contributed by atoms with van der Waals surface area (Å²) >= 11 is 0. The summed E-state index contributed by atoms with van der Waals surface area (Å²) in [4.78, 5) is 21.5. The number of hydrogen-bond donors (Lipinski definition) is 3. The second-order valence-corrected chi connectivity index (χ2v) is 9.49. The van der Waals surface area contributed by atoms with E-state index in [1.54, 1.807) is 0 Å². The largest absolute Gasteiger partial charge is 0.366 e. The van der Waals surface area contributed by atoms with Gasteiger partial charge in [-0.1, -0.05) is 24.3 Å². The highest BCUT2D eigenvalue weighted by Crippen LogP contribution is 2.33. The van der Waals surface area contributed by atoms with Gasteiger partial charge in [0, 0.05) is 42.3 Å². The molecule has 0 amide bonds. The third-order valence-corrected chi connectivity index (χ3v) is 7.10. The molecule has 4 heterocycles. The van der Waals surface area contributed by atoms with Gasteiger partial charge < -0.3 is 19.8 Å². The number of imidazole rings is 2. The minimum atomic E-state index is 0.473. The Morgan fingerprint density at radius 3 is 2.57 bits per heavy atom. The molecule has 1 saturated heterocycles. The van der Waals surface area contributed by atoms with Gasteiger partial charge in [0.05, 0.1) is 27.6 Å². The molecule has 6 aromatic rings. The molecule has 0 spiro atoms. The minimum Gasteiger partial charge on any atom is -0.366 e. The van der Waals surface area contributed by atoms with Crippen molar-refractivity contribution in [3.63, 3.8) is 0 Å². The van der Waals surface area contributed by atoms with Crippen LogP contribution < -0.4 is 4.90 Å². The molecule has 0 radical (unpaired) electrons. The Labute approximate surface area is 202 Å². The SMILES string of the molecule is CC1CN(C)CCN1c1ccc2nc(-c3n[nH]c4c(-c5nc6ccccc6[nH]5)cccc34)[nH]c2c1. The van der Waals surface area contributed by atoms with Crippen molar-refractivity contribution in [3.8, 4) is 22.9 Å². The van der Waals surface area contributed by atoms with Crippen LogP contribution in [0.15, 0.2) is 60.7 Å². The van der Waals surface area contributed by atoms with Crippen molar-refractivity contribution >= 4 is 38.7 Å². The maximum absolute atomic E-state index is 4.87. The number of piperazine rings is 1. The van der Waals surface area contributed by atoms with Crippen LogP contribution in [0.2, 0.25) is 0 Å². The van der Waals surface area contributed by atoms with Crippen molar-refractivity contribution in [1.29, 1.82) is 0 Å². The molecule has 1 unspecified atom stereocenters. The lowest BCUT2D eigenvalue weighted by atomic mass is 10.1. The Kier molecular flexibility index (Phi) is 4.44. The summed E-state index contributed by atoms with van der Waals surface area (Å²) in [5, 5.41) is 8.90. The number of likely N-dealkylation sites (N-methyl/N-ethyl adjacent to an activating group) is 1. The van der Waals surface area contributed by atoms with Crippen LogP contribution in [-0.2, 0) is 0 Å². The molecule has 8 heteroatoms. The average Bonchev–Trinajstić information content (AvgIpc) is 3.59. The van der Waals surface area contributed by atoms with E-state index in [-0.39, 0.29) is 0 Å². The molecule has 0 saturated carbocycles. The molecule has 35 heavy (non-hydrogen) atoms. The summed E-state index contributed by atoms with van der Waals surface area (Å²) in [5.74, 6) is 1.58. The molecule has 3 aromatic carbocycles. The zero-order chi connectivity index (χ0) is 23.5. The van der Waals surface area contributed by atoms with Crippen LogP contribution >= 0.6 is 0 Å². The van der Waals surface area contributed by atoms with Gasteiger partial charge >= 0.3 is 0 Å². The number of aromatic nitrogens is 6. The van der Waals surface area contributed by atoms with Crippen molar-refractivity contribution in [2.45, 2.75) is 13.0 Å². The van der Waals surface area contributed by atoms with Crippen LogP contribution in [-0.4, -0.2) is 67.8 Å². The lowest BCUT2D eigenvalue weighted by Crippen LogP contribution is -2.50. The first-order valence-electron chi connectivity index (χ1n) is 12.0. The van der Waals surface area contributed by atoms with Gasteiger partial charge in [-0.05, 0) is 50.4 Å². The number of benzene rings is 3. The zero-order valence-corrected chi connectivity index (χ0v) is 19.7. The lowest BCUT2D eigenvalue weighted by Gasteiger charge is -2.39. The zero-order valence-electron chi connectivity index (χ0n) is 19.7. The number of fused-ring (bicyclic) bond motifs is 3. The Morgan fingerprint density at radius 1 is 0.857 bits per heavy atom. The Bertz CT molecular complexity index is 1660. The molecule has 174 valence electrons. The summed E-state index contributed by atoms with van der Waals surface area (Å²) < 4.78 is 0. The van der Waals surface area contributed by atoms with E-state index < -0.39 is 0 Å². The normalized spacial score (nSPS) is 17.2. The summed E-state index contributed by atoms with van der Waals surface area (Å²) in [6, 6.07) is 21.2. The molecule has 8 nitrogen and oxygen atoms in total.